The Hall–Kier alpha value is -1.24. The van der Waals surface area contributed by atoms with Crippen LogP contribution in [0.4, 0.5) is 4.39 Å². The SMILES string of the molecule is COCCNCc1cn(Cc2cc(F)cc(Br)c2)nc1C. The molecule has 2 aromatic rings. The van der Waals surface area contributed by atoms with Gasteiger partial charge in [-0.15, -0.1) is 0 Å². The van der Waals surface area contributed by atoms with Gasteiger partial charge in [0.15, 0.2) is 0 Å². The number of aryl methyl sites for hydroxylation is 1. The lowest BCUT2D eigenvalue weighted by Crippen LogP contribution is -2.18. The zero-order chi connectivity index (χ0) is 15.2. The summed E-state index contributed by atoms with van der Waals surface area (Å²) in [4.78, 5) is 0. The van der Waals surface area contributed by atoms with E-state index in [-0.39, 0.29) is 5.82 Å². The second-order valence-electron chi connectivity index (χ2n) is 4.88. The number of benzene rings is 1. The predicted octanol–water partition coefficient (Wildman–Crippen LogP) is 2.88. The molecule has 21 heavy (non-hydrogen) atoms. The normalized spacial score (nSPS) is 11.0. The van der Waals surface area contributed by atoms with E-state index in [9.17, 15) is 4.39 Å². The molecule has 0 fully saturated rings. The lowest BCUT2D eigenvalue weighted by atomic mass is 10.2. The molecule has 0 amide bonds. The maximum absolute atomic E-state index is 13.4. The minimum Gasteiger partial charge on any atom is -0.383 e. The highest BCUT2D eigenvalue weighted by atomic mass is 79.9. The Labute approximate surface area is 132 Å². The highest BCUT2D eigenvalue weighted by Gasteiger charge is 2.06. The van der Waals surface area contributed by atoms with Crippen molar-refractivity contribution in [1.29, 1.82) is 0 Å². The Balaban J connectivity index is 2.01. The van der Waals surface area contributed by atoms with E-state index >= 15 is 0 Å². The highest BCUT2D eigenvalue weighted by molar-refractivity contribution is 9.10. The molecule has 1 N–H and O–H groups in total. The summed E-state index contributed by atoms with van der Waals surface area (Å²) < 4.78 is 20.9. The standard InChI is InChI=1S/C15H19BrFN3O/c1-11-13(8-18-3-4-21-2)10-20(19-11)9-12-5-14(16)7-15(17)6-12/h5-7,10,18H,3-4,8-9H2,1-2H3. The smallest absolute Gasteiger partial charge is 0.124 e. The zero-order valence-corrected chi connectivity index (χ0v) is 13.8. The van der Waals surface area contributed by atoms with Gasteiger partial charge in [0.25, 0.3) is 0 Å². The highest BCUT2D eigenvalue weighted by Crippen LogP contribution is 2.16. The van der Waals surface area contributed by atoms with Crippen LogP contribution in [-0.2, 0) is 17.8 Å². The monoisotopic (exact) mass is 355 g/mol. The van der Waals surface area contributed by atoms with Crippen molar-refractivity contribution in [3.63, 3.8) is 0 Å². The summed E-state index contributed by atoms with van der Waals surface area (Å²) in [6.45, 7) is 4.77. The average Bonchev–Trinajstić information content (AvgIpc) is 2.73. The summed E-state index contributed by atoms with van der Waals surface area (Å²) in [7, 11) is 1.68. The molecule has 1 heterocycles. The van der Waals surface area contributed by atoms with Crippen molar-refractivity contribution in [3.8, 4) is 0 Å². The van der Waals surface area contributed by atoms with Crippen molar-refractivity contribution in [2.45, 2.75) is 20.0 Å². The second kappa shape index (κ2) is 7.68. The molecule has 6 heteroatoms. The van der Waals surface area contributed by atoms with Gasteiger partial charge in [-0.05, 0) is 30.7 Å². The molecule has 0 saturated carbocycles. The van der Waals surface area contributed by atoms with Gasteiger partial charge in [0.1, 0.15) is 5.82 Å². The van der Waals surface area contributed by atoms with Crippen LogP contribution in [0.25, 0.3) is 0 Å². The first-order valence-electron chi connectivity index (χ1n) is 6.76. The molecule has 0 unspecified atom stereocenters. The number of nitrogens with zero attached hydrogens (tertiary/aromatic N) is 2. The first-order valence-corrected chi connectivity index (χ1v) is 7.55. The summed E-state index contributed by atoms with van der Waals surface area (Å²) in [6.07, 6.45) is 1.99. The lowest BCUT2D eigenvalue weighted by Gasteiger charge is -2.03. The fraction of sp³-hybridized carbons (Fsp3) is 0.400. The van der Waals surface area contributed by atoms with E-state index in [1.807, 2.05) is 23.9 Å². The number of hydrogen-bond acceptors (Lipinski definition) is 3. The molecule has 0 aliphatic heterocycles. The van der Waals surface area contributed by atoms with Gasteiger partial charge in [-0.1, -0.05) is 15.9 Å². The summed E-state index contributed by atoms with van der Waals surface area (Å²) >= 11 is 3.30. The third-order valence-corrected chi connectivity index (χ3v) is 3.57. The van der Waals surface area contributed by atoms with Crippen LogP contribution in [0.1, 0.15) is 16.8 Å². The van der Waals surface area contributed by atoms with E-state index in [1.54, 1.807) is 7.11 Å². The average molecular weight is 356 g/mol. The third kappa shape index (κ3) is 4.91. The minimum absolute atomic E-state index is 0.246. The fourth-order valence-electron chi connectivity index (χ4n) is 2.10. The molecule has 0 bridgehead atoms. The van der Waals surface area contributed by atoms with Gasteiger partial charge in [-0.25, -0.2) is 4.39 Å². The summed E-state index contributed by atoms with van der Waals surface area (Å²) in [5, 5.41) is 7.76. The van der Waals surface area contributed by atoms with Crippen LogP contribution in [0.3, 0.4) is 0 Å². The van der Waals surface area contributed by atoms with E-state index in [2.05, 4.69) is 26.3 Å². The van der Waals surface area contributed by atoms with E-state index in [1.165, 1.54) is 12.1 Å². The van der Waals surface area contributed by atoms with Gasteiger partial charge in [0.05, 0.1) is 18.8 Å². The number of hydrogen-bond donors (Lipinski definition) is 1. The van der Waals surface area contributed by atoms with Crippen molar-refractivity contribution in [2.75, 3.05) is 20.3 Å². The molecule has 4 nitrogen and oxygen atoms in total. The second-order valence-corrected chi connectivity index (χ2v) is 5.80. The Bertz CT molecular complexity index is 580. The Morgan fingerprint density at radius 2 is 2.19 bits per heavy atom. The lowest BCUT2D eigenvalue weighted by molar-refractivity contribution is 0.199. The van der Waals surface area contributed by atoms with Crippen LogP contribution >= 0.6 is 15.9 Å². The molecule has 0 aliphatic rings. The Morgan fingerprint density at radius 1 is 1.38 bits per heavy atom. The van der Waals surface area contributed by atoms with Gasteiger partial charge in [0, 0.05) is 36.4 Å². The van der Waals surface area contributed by atoms with Gasteiger partial charge in [-0.3, -0.25) is 4.68 Å². The molecular formula is C15H19BrFN3O. The summed E-state index contributed by atoms with van der Waals surface area (Å²) in [5.74, 6) is -0.246. The maximum Gasteiger partial charge on any atom is 0.124 e. The topological polar surface area (TPSA) is 39.1 Å². The zero-order valence-electron chi connectivity index (χ0n) is 12.2. The number of aromatic nitrogens is 2. The van der Waals surface area contributed by atoms with Gasteiger partial charge < -0.3 is 10.1 Å². The summed E-state index contributed by atoms with van der Waals surface area (Å²) in [6, 6.07) is 4.87. The molecule has 1 aromatic heterocycles. The molecular weight excluding hydrogens is 337 g/mol. The third-order valence-electron chi connectivity index (χ3n) is 3.11. The van der Waals surface area contributed by atoms with Crippen LogP contribution < -0.4 is 5.32 Å². The maximum atomic E-state index is 13.4. The number of halogens is 2. The van der Waals surface area contributed by atoms with Crippen molar-refractivity contribution in [2.24, 2.45) is 0 Å². The molecule has 0 radical (unpaired) electrons. The fourth-order valence-corrected chi connectivity index (χ4v) is 2.61. The Morgan fingerprint density at radius 3 is 2.90 bits per heavy atom. The molecule has 2 rings (SSSR count). The van der Waals surface area contributed by atoms with E-state index in [0.29, 0.717) is 13.2 Å². The quantitative estimate of drug-likeness (QED) is 0.776. The number of nitrogens with one attached hydrogen (secondary N) is 1. The number of rotatable bonds is 7. The first-order chi connectivity index (χ1) is 10.1. The van der Waals surface area contributed by atoms with E-state index < -0.39 is 0 Å². The van der Waals surface area contributed by atoms with Crippen LogP contribution in [0.2, 0.25) is 0 Å². The van der Waals surface area contributed by atoms with Crippen molar-refractivity contribution in [1.82, 2.24) is 15.1 Å². The van der Waals surface area contributed by atoms with E-state index in [0.717, 1.165) is 34.4 Å². The van der Waals surface area contributed by atoms with E-state index in [4.69, 9.17) is 4.74 Å². The minimum atomic E-state index is -0.246. The molecule has 0 spiro atoms. The Kier molecular flexibility index (Phi) is 5.90. The van der Waals surface area contributed by atoms with Gasteiger partial charge in [0.2, 0.25) is 0 Å². The first kappa shape index (κ1) is 16.1. The van der Waals surface area contributed by atoms with Crippen LogP contribution in [0, 0.1) is 12.7 Å². The van der Waals surface area contributed by atoms with Crippen molar-refractivity contribution < 1.29 is 9.13 Å². The molecule has 1 aromatic carbocycles. The van der Waals surface area contributed by atoms with Crippen LogP contribution in [0.15, 0.2) is 28.9 Å². The molecule has 0 atom stereocenters. The van der Waals surface area contributed by atoms with Gasteiger partial charge in [-0.2, -0.15) is 5.10 Å². The number of ether oxygens (including phenoxy) is 1. The van der Waals surface area contributed by atoms with Crippen molar-refractivity contribution in [3.05, 3.63) is 51.5 Å². The molecule has 0 saturated heterocycles. The molecule has 0 aliphatic carbocycles. The summed E-state index contributed by atoms with van der Waals surface area (Å²) in [5.41, 5.74) is 3.00. The van der Waals surface area contributed by atoms with Crippen LogP contribution in [0.5, 0.6) is 0 Å². The van der Waals surface area contributed by atoms with Crippen molar-refractivity contribution >= 4 is 15.9 Å². The van der Waals surface area contributed by atoms with Crippen LogP contribution in [-0.4, -0.2) is 30.0 Å². The molecule has 114 valence electrons. The van der Waals surface area contributed by atoms with Gasteiger partial charge >= 0.3 is 0 Å². The predicted molar refractivity (Wildman–Crippen MR) is 83.7 cm³/mol. The largest absolute Gasteiger partial charge is 0.383 e. The number of methoxy groups -OCH3 is 1.